The SMILES string of the molecule is O=C1CCC(N2Cc3cc(-c4cc(CNCCc5cccc(Cl)c5)ccn4)ccc3C2=O)C(=O)N1. The van der Waals surface area contributed by atoms with Crippen molar-refractivity contribution in [3.05, 3.63) is 88.1 Å². The number of aromatic nitrogens is 1. The molecule has 1 unspecified atom stereocenters. The van der Waals surface area contributed by atoms with Crippen LogP contribution in [0, 0.1) is 0 Å². The van der Waals surface area contributed by atoms with E-state index in [2.05, 4.69) is 21.7 Å². The lowest BCUT2D eigenvalue weighted by Gasteiger charge is -2.29. The highest BCUT2D eigenvalue weighted by Gasteiger charge is 2.39. The van der Waals surface area contributed by atoms with Gasteiger partial charge >= 0.3 is 0 Å². The minimum absolute atomic E-state index is 0.174. The summed E-state index contributed by atoms with van der Waals surface area (Å²) in [5, 5.41) is 6.54. The lowest BCUT2D eigenvalue weighted by atomic mass is 10.0. The number of nitrogens with zero attached hydrogens (tertiary/aromatic N) is 2. The standard InChI is InChI=1S/C27H25ClN4O3/c28-21-3-1-2-17(12-21)8-10-29-15-18-9-11-30-23(13-18)19-4-5-22-20(14-19)16-32(27(22)35)24-6-7-25(33)31-26(24)34/h1-5,9,11-14,24,29H,6-8,10,15-16H2,(H,31,33,34). The average molecular weight is 489 g/mol. The topological polar surface area (TPSA) is 91.4 Å². The molecule has 0 saturated carbocycles. The van der Waals surface area contributed by atoms with Gasteiger partial charge in [-0.15, -0.1) is 0 Å². The van der Waals surface area contributed by atoms with Crippen molar-refractivity contribution in [2.24, 2.45) is 0 Å². The Labute approximate surface area is 208 Å². The predicted molar refractivity (Wildman–Crippen MR) is 133 cm³/mol. The van der Waals surface area contributed by atoms with E-state index in [0.717, 1.165) is 40.4 Å². The molecule has 3 aromatic rings. The van der Waals surface area contributed by atoms with Crippen LogP contribution in [0.3, 0.4) is 0 Å². The molecule has 3 amide bonds. The molecule has 1 saturated heterocycles. The second-order valence-electron chi connectivity index (χ2n) is 8.88. The zero-order valence-electron chi connectivity index (χ0n) is 19.1. The molecule has 1 atom stereocenters. The van der Waals surface area contributed by atoms with E-state index in [-0.39, 0.29) is 18.2 Å². The highest BCUT2D eigenvalue weighted by molar-refractivity contribution is 6.30. The smallest absolute Gasteiger partial charge is 0.255 e. The molecule has 0 spiro atoms. The number of carbonyl (C=O) groups is 3. The average Bonchev–Trinajstić information content (AvgIpc) is 3.17. The van der Waals surface area contributed by atoms with E-state index < -0.39 is 11.9 Å². The Morgan fingerprint density at radius 1 is 1.06 bits per heavy atom. The number of fused-ring (bicyclic) bond motifs is 1. The first kappa shape index (κ1) is 23.2. The zero-order chi connectivity index (χ0) is 24.4. The number of pyridine rings is 1. The number of amides is 3. The number of hydrogen-bond donors (Lipinski definition) is 2. The first-order valence-corrected chi connectivity index (χ1v) is 12.0. The monoisotopic (exact) mass is 488 g/mol. The summed E-state index contributed by atoms with van der Waals surface area (Å²) in [5.74, 6) is -0.867. The lowest BCUT2D eigenvalue weighted by molar-refractivity contribution is -0.136. The minimum Gasteiger partial charge on any atom is -0.322 e. The van der Waals surface area contributed by atoms with Crippen molar-refractivity contribution in [3.63, 3.8) is 0 Å². The highest BCUT2D eigenvalue weighted by Crippen LogP contribution is 2.30. The van der Waals surface area contributed by atoms with E-state index in [4.69, 9.17) is 11.6 Å². The van der Waals surface area contributed by atoms with Crippen LogP contribution in [-0.2, 0) is 29.1 Å². The number of rotatable bonds is 7. The zero-order valence-corrected chi connectivity index (χ0v) is 19.8. The van der Waals surface area contributed by atoms with Crippen molar-refractivity contribution in [2.75, 3.05) is 6.54 Å². The molecule has 7 nitrogen and oxygen atoms in total. The van der Waals surface area contributed by atoms with Crippen molar-refractivity contribution in [1.29, 1.82) is 0 Å². The Morgan fingerprint density at radius 2 is 1.94 bits per heavy atom. The molecule has 2 N–H and O–H groups in total. The molecule has 0 radical (unpaired) electrons. The van der Waals surface area contributed by atoms with E-state index in [0.29, 0.717) is 25.1 Å². The van der Waals surface area contributed by atoms with E-state index in [1.54, 1.807) is 17.2 Å². The van der Waals surface area contributed by atoms with Gasteiger partial charge in [0, 0.05) is 41.9 Å². The normalized spacial score (nSPS) is 17.5. The van der Waals surface area contributed by atoms with Gasteiger partial charge in [-0.1, -0.05) is 29.8 Å². The quantitative estimate of drug-likeness (QED) is 0.392. The lowest BCUT2D eigenvalue weighted by Crippen LogP contribution is -2.52. The first-order chi connectivity index (χ1) is 17.0. The fourth-order valence-corrected chi connectivity index (χ4v) is 4.85. The van der Waals surface area contributed by atoms with Crippen molar-refractivity contribution >= 4 is 29.3 Å². The van der Waals surface area contributed by atoms with Crippen LogP contribution in [0.4, 0.5) is 0 Å². The molecule has 2 aliphatic heterocycles. The second-order valence-corrected chi connectivity index (χ2v) is 9.31. The Balaban J connectivity index is 1.24. The largest absolute Gasteiger partial charge is 0.322 e. The van der Waals surface area contributed by atoms with Gasteiger partial charge in [-0.2, -0.15) is 0 Å². The van der Waals surface area contributed by atoms with Gasteiger partial charge in [-0.05, 0) is 72.5 Å². The molecule has 35 heavy (non-hydrogen) atoms. The van der Waals surface area contributed by atoms with Crippen LogP contribution < -0.4 is 10.6 Å². The van der Waals surface area contributed by atoms with Crippen LogP contribution >= 0.6 is 11.6 Å². The van der Waals surface area contributed by atoms with Gasteiger partial charge in [0.25, 0.3) is 5.91 Å². The molecular weight excluding hydrogens is 464 g/mol. The molecule has 5 rings (SSSR count). The fourth-order valence-electron chi connectivity index (χ4n) is 4.63. The molecule has 3 heterocycles. The van der Waals surface area contributed by atoms with Gasteiger partial charge in [-0.3, -0.25) is 24.7 Å². The number of benzene rings is 2. The number of piperidine rings is 1. The van der Waals surface area contributed by atoms with E-state index in [1.165, 1.54) is 5.56 Å². The first-order valence-electron chi connectivity index (χ1n) is 11.7. The van der Waals surface area contributed by atoms with E-state index >= 15 is 0 Å². The van der Waals surface area contributed by atoms with Crippen molar-refractivity contribution in [2.45, 2.75) is 38.4 Å². The molecule has 1 fully saturated rings. The van der Waals surface area contributed by atoms with E-state index in [9.17, 15) is 14.4 Å². The predicted octanol–water partition coefficient (Wildman–Crippen LogP) is 3.50. The minimum atomic E-state index is -0.615. The van der Waals surface area contributed by atoms with Gasteiger partial charge in [0.15, 0.2) is 0 Å². The van der Waals surface area contributed by atoms with Gasteiger partial charge in [0.05, 0.1) is 5.69 Å². The van der Waals surface area contributed by atoms with Gasteiger partial charge in [-0.25, -0.2) is 0 Å². The summed E-state index contributed by atoms with van der Waals surface area (Å²) in [6.07, 6.45) is 3.27. The van der Waals surface area contributed by atoms with Crippen molar-refractivity contribution < 1.29 is 14.4 Å². The summed E-state index contributed by atoms with van der Waals surface area (Å²) in [6, 6.07) is 17.0. The van der Waals surface area contributed by atoms with Crippen LogP contribution in [0.15, 0.2) is 60.8 Å². The molecule has 2 aliphatic rings. The molecular formula is C27H25ClN4O3. The molecule has 0 aliphatic carbocycles. The number of carbonyl (C=O) groups excluding carboxylic acids is 3. The summed E-state index contributed by atoms with van der Waals surface area (Å²) in [7, 11) is 0. The fraction of sp³-hybridized carbons (Fsp3) is 0.259. The maximum atomic E-state index is 12.9. The number of nitrogens with one attached hydrogen (secondary N) is 2. The number of hydrogen-bond acceptors (Lipinski definition) is 5. The number of halogens is 1. The Bertz CT molecular complexity index is 1310. The Hall–Kier alpha value is -3.55. The third kappa shape index (κ3) is 5.11. The maximum absolute atomic E-state index is 12.9. The van der Waals surface area contributed by atoms with Crippen molar-refractivity contribution in [3.8, 4) is 11.3 Å². The molecule has 8 heteroatoms. The molecule has 178 valence electrons. The van der Waals surface area contributed by atoms with Crippen LogP contribution in [0.2, 0.25) is 5.02 Å². The van der Waals surface area contributed by atoms with Crippen LogP contribution in [0.1, 0.15) is 39.9 Å². The maximum Gasteiger partial charge on any atom is 0.255 e. The summed E-state index contributed by atoms with van der Waals surface area (Å²) >= 11 is 6.05. The molecule has 1 aromatic heterocycles. The second kappa shape index (κ2) is 9.98. The summed E-state index contributed by atoms with van der Waals surface area (Å²) in [4.78, 5) is 42.7. The van der Waals surface area contributed by atoms with Gasteiger partial charge in [0.2, 0.25) is 11.8 Å². The van der Waals surface area contributed by atoms with E-state index in [1.807, 2.05) is 42.5 Å². The summed E-state index contributed by atoms with van der Waals surface area (Å²) < 4.78 is 0. The van der Waals surface area contributed by atoms with Crippen molar-refractivity contribution in [1.82, 2.24) is 20.5 Å². The molecule has 0 bridgehead atoms. The summed E-state index contributed by atoms with van der Waals surface area (Å²) in [6.45, 7) is 1.89. The van der Waals surface area contributed by atoms with Crippen LogP contribution in [0.5, 0.6) is 0 Å². The Morgan fingerprint density at radius 3 is 2.77 bits per heavy atom. The Kier molecular flexibility index (Phi) is 6.61. The number of imide groups is 1. The molecule has 2 aromatic carbocycles. The van der Waals surface area contributed by atoms with Gasteiger partial charge in [0.1, 0.15) is 6.04 Å². The summed E-state index contributed by atoms with van der Waals surface area (Å²) in [5.41, 5.74) is 5.51. The third-order valence-corrected chi connectivity index (χ3v) is 6.69. The van der Waals surface area contributed by atoms with Gasteiger partial charge < -0.3 is 10.2 Å². The third-order valence-electron chi connectivity index (χ3n) is 6.45. The van der Waals surface area contributed by atoms with Crippen LogP contribution in [0.25, 0.3) is 11.3 Å². The highest BCUT2D eigenvalue weighted by atomic mass is 35.5. The van der Waals surface area contributed by atoms with Crippen LogP contribution in [-0.4, -0.2) is 40.2 Å².